The molecule has 3 aliphatic carbocycles. The third-order valence-electron chi connectivity index (χ3n) is 9.13. The molecule has 206 valence electrons. The van der Waals surface area contributed by atoms with Gasteiger partial charge in [-0.1, -0.05) is 29.4 Å². The molecule has 6 heteroatoms. The van der Waals surface area contributed by atoms with Crippen molar-refractivity contribution in [3.05, 3.63) is 57.7 Å². The van der Waals surface area contributed by atoms with Crippen molar-refractivity contribution < 1.29 is 28.9 Å². The second-order valence-electron chi connectivity index (χ2n) is 13.3. The number of phenols is 1. The minimum absolute atomic E-state index is 0.0322. The summed E-state index contributed by atoms with van der Waals surface area (Å²) < 4.78 is 20.3. The second kappa shape index (κ2) is 7.97. The Morgan fingerprint density at radius 1 is 1.03 bits per heavy atom. The molecule has 0 unspecified atom stereocenters. The number of carbonyl (C=O) groups excluding carboxylic acids is 2. The molecule has 1 aromatic carbocycles. The van der Waals surface area contributed by atoms with Gasteiger partial charge in [0.2, 0.25) is 0 Å². The zero-order valence-electron chi connectivity index (χ0n) is 24.2. The highest BCUT2D eigenvalue weighted by Gasteiger charge is 2.81. The van der Waals surface area contributed by atoms with Crippen molar-refractivity contribution in [2.45, 2.75) is 97.1 Å². The zero-order chi connectivity index (χ0) is 28.3. The maximum atomic E-state index is 14.5. The van der Waals surface area contributed by atoms with Crippen LogP contribution in [-0.4, -0.2) is 39.1 Å². The first kappa shape index (κ1) is 26.1. The van der Waals surface area contributed by atoms with E-state index in [0.29, 0.717) is 47.5 Å². The molecule has 1 saturated heterocycles. The fraction of sp³-hybridized carbons (Fsp3) is 0.515. The van der Waals surface area contributed by atoms with Crippen LogP contribution < -0.4 is 9.47 Å². The number of Topliss-reactive ketones (excluding diaryl/α,β-unsaturated/α-hetero) is 2. The van der Waals surface area contributed by atoms with Crippen molar-refractivity contribution in [3.63, 3.8) is 0 Å². The molecule has 39 heavy (non-hydrogen) atoms. The molecule has 4 atom stereocenters. The van der Waals surface area contributed by atoms with Gasteiger partial charge in [-0.25, -0.2) is 0 Å². The lowest BCUT2D eigenvalue weighted by atomic mass is 9.51. The summed E-state index contributed by atoms with van der Waals surface area (Å²) in [6.45, 7) is 15.9. The van der Waals surface area contributed by atoms with E-state index in [1.165, 1.54) is 0 Å². The van der Waals surface area contributed by atoms with Gasteiger partial charge in [-0.3, -0.25) is 9.59 Å². The van der Waals surface area contributed by atoms with E-state index in [2.05, 4.69) is 6.08 Å². The molecule has 1 spiro atoms. The molecule has 6 aliphatic rings. The fourth-order valence-electron chi connectivity index (χ4n) is 7.41. The van der Waals surface area contributed by atoms with Crippen molar-refractivity contribution in [1.29, 1.82) is 0 Å². The van der Waals surface area contributed by atoms with Crippen LogP contribution in [0.15, 0.2) is 41.0 Å². The third-order valence-corrected chi connectivity index (χ3v) is 9.13. The van der Waals surface area contributed by atoms with Crippen LogP contribution in [0.3, 0.4) is 0 Å². The van der Waals surface area contributed by atoms with E-state index >= 15 is 0 Å². The van der Waals surface area contributed by atoms with Crippen LogP contribution in [0.1, 0.15) is 89.7 Å². The predicted molar refractivity (Wildman–Crippen MR) is 149 cm³/mol. The van der Waals surface area contributed by atoms with E-state index in [1.54, 1.807) is 6.08 Å². The Balaban J connectivity index is 1.67. The van der Waals surface area contributed by atoms with Crippen molar-refractivity contribution in [2.75, 3.05) is 0 Å². The first-order valence-electron chi connectivity index (χ1n) is 13.9. The smallest absolute Gasteiger partial charge is 0.200 e. The Labute approximate surface area is 230 Å². The molecule has 4 bridgehead atoms. The molecule has 0 amide bonds. The van der Waals surface area contributed by atoms with Gasteiger partial charge >= 0.3 is 0 Å². The lowest BCUT2D eigenvalue weighted by molar-refractivity contribution is -0.171. The first-order chi connectivity index (χ1) is 18.1. The van der Waals surface area contributed by atoms with Gasteiger partial charge in [-0.05, 0) is 80.4 Å². The average Bonchev–Trinajstić information content (AvgIpc) is 2.99. The summed E-state index contributed by atoms with van der Waals surface area (Å²) in [5, 5.41) is 11.5. The van der Waals surface area contributed by atoms with Gasteiger partial charge in [0, 0.05) is 29.4 Å². The number of rotatable bonds is 4. The molecule has 7 rings (SSSR count). The highest BCUT2D eigenvalue weighted by molar-refractivity contribution is 6.19. The van der Waals surface area contributed by atoms with Crippen LogP contribution >= 0.6 is 0 Å². The number of aromatic hydroxyl groups is 1. The number of hydrogen-bond acceptors (Lipinski definition) is 6. The van der Waals surface area contributed by atoms with Crippen molar-refractivity contribution in [3.8, 4) is 17.2 Å². The van der Waals surface area contributed by atoms with Crippen molar-refractivity contribution in [2.24, 2.45) is 11.8 Å². The number of benzene rings is 1. The number of phenolic OH excluding ortho intramolecular Hbond substituents is 1. The fourth-order valence-corrected chi connectivity index (χ4v) is 7.41. The topological polar surface area (TPSA) is 82.1 Å². The van der Waals surface area contributed by atoms with Gasteiger partial charge in [-0.15, -0.1) is 0 Å². The number of ketones is 2. The molecular weight excluding hydrogens is 492 g/mol. The number of fused-ring (bicyclic) bond motifs is 2. The highest BCUT2D eigenvalue weighted by atomic mass is 16.6. The summed E-state index contributed by atoms with van der Waals surface area (Å²) in [7, 11) is 0. The molecule has 3 heterocycles. The molecule has 1 N–H and O–H groups in total. The van der Waals surface area contributed by atoms with Gasteiger partial charge < -0.3 is 19.3 Å². The van der Waals surface area contributed by atoms with Crippen LogP contribution in [0.2, 0.25) is 0 Å². The molecule has 6 nitrogen and oxygen atoms in total. The summed E-state index contributed by atoms with van der Waals surface area (Å²) >= 11 is 0. The summed E-state index contributed by atoms with van der Waals surface area (Å²) in [4.78, 5) is 28.6. The monoisotopic (exact) mass is 530 g/mol. The van der Waals surface area contributed by atoms with Crippen molar-refractivity contribution in [1.82, 2.24) is 0 Å². The number of allylic oxidation sites excluding steroid dienone is 4. The standard InChI is InChI=1S/C33H38O6/c1-17(2)9-10-21-27-20(12-13-30(5,6)37-27)25(34)24-26(35)22-15-19-16-23-31(7,8)39-32(29(19)36,14-11-18(3)4)33(22,23)38-28(21)24/h9,11-13,15,19,23,34H,10,14,16H2,1-8H3/t19-,23+,32+,33-/m0/s1. The average molecular weight is 531 g/mol. The number of hydrogen-bond donors (Lipinski definition) is 1. The molecule has 3 aliphatic heterocycles. The van der Waals surface area contributed by atoms with Crippen LogP contribution in [0, 0.1) is 11.8 Å². The Hall–Kier alpha value is -3.12. The quantitative estimate of drug-likeness (QED) is 0.451. The van der Waals surface area contributed by atoms with E-state index in [9.17, 15) is 14.7 Å². The van der Waals surface area contributed by atoms with Crippen LogP contribution in [0.5, 0.6) is 17.2 Å². The van der Waals surface area contributed by atoms with Gasteiger partial charge in [0.15, 0.2) is 22.8 Å². The van der Waals surface area contributed by atoms with Gasteiger partial charge in [0.25, 0.3) is 0 Å². The molecule has 2 fully saturated rings. The number of carbonyl (C=O) groups is 2. The summed E-state index contributed by atoms with van der Waals surface area (Å²) in [5.74, 6) is -0.308. The van der Waals surface area contributed by atoms with Crippen LogP contribution in [0.4, 0.5) is 0 Å². The van der Waals surface area contributed by atoms with Gasteiger partial charge in [-0.2, -0.15) is 0 Å². The SMILES string of the molecule is CC(C)=CCc1c2c(c(O)c3c1O[C@@]14C(=C[C@H]5C[C@@H]1C(C)(C)O[C@]4(CC=C(C)C)C5=O)C3=O)C=CC(C)(C)O2. The minimum Gasteiger partial charge on any atom is -0.506 e. The largest absolute Gasteiger partial charge is 0.506 e. The summed E-state index contributed by atoms with van der Waals surface area (Å²) in [5.41, 5.74) is -0.00322. The zero-order valence-corrected chi connectivity index (χ0v) is 24.2. The Kier molecular flexibility index (Phi) is 5.34. The Morgan fingerprint density at radius 3 is 2.38 bits per heavy atom. The maximum absolute atomic E-state index is 14.5. The lowest BCUT2D eigenvalue weighted by Gasteiger charge is -2.56. The van der Waals surface area contributed by atoms with E-state index in [1.807, 2.05) is 73.6 Å². The van der Waals surface area contributed by atoms with E-state index < -0.39 is 28.3 Å². The maximum Gasteiger partial charge on any atom is 0.200 e. The molecule has 0 radical (unpaired) electrons. The Morgan fingerprint density at radius 2 is 1.72 bits per heavy atom. The van der Waals surface area contributed by atoms with Gasteiger partial charge in [0.05, 0.1) is 11.2 Å². The number of ether oxygens (including phenoxy) is 3. The van der Waals surface area contributed by atoms with Crippen molar-refractivity contribution >= 4 is 17.6 Å². The summed E-state index contributed by atoms with van der Waals surface area (Å²) in [6.07, 6.45) is 10.9. The third kappa shape index (κ3) is 3.30. The van der Waals surface area contributed by atoms with E-state index in [0.717, 1.165) is 11.1 Å². The van der Waals surface area contributed by atoms with Crippen LogP contribution in [-0.2, 0) is 16.0 Å². The Bertz CT molecular complexity index is 1460. The van der Waals surface area contributed by atoms with Gasteiger partial charge in [0.1, 0.15) is 28.4 Å². The second-order valence-corrected chi connectivity index (χ2v) is 13.3. The van der Waals surface area contributed by atoms with Crippen LogP contribution in [0.25, 0.3) is 6.08 Å². The molecule has 1 aromatic rings. The molecule has 0 aromatic heterocycles. The highest BCUT2D eigenvalue weighted by Crippen LogP contribution is 2.68. The molecule has 1 saturated carbocycles. The lowest BCUT2D eigenvalue weighted by Crippen LogP contribution is -2.72. The van der Waals surface area contributed by atoms with E-state index in [-0.39, 0.29) is 28.8 Å². The summed E-state index contributed by atoms with van der Waals surface area (Å²) in [6, 6.07) is 0. The normalized spacial score (nSPS) is 31.8. The first-order valence-corrected chi connectivity index (χ1v) is 13.9. The van der Waals surface area contributed by atoms with E-state index in [4.69, 9.17) is 14.2 Å². The minimum atomic E-state index is -1.34. The molecular formula is C33H38O6. The predicted octanol–water partition coefficient (Wildman–Crippen LogP) is 6.45.